The molecule has 0 unspecified atom stereocenters. The molecule has 0 saturated heterocycles. The maximum atomic E-state index is 11.9. The Labute approximate surface area is 129 Å². The first kappa shape index (κ1) is 15.7. The van der Waals surface area contributed by atoms with Gasteiger partial charge in [0.25, 0.3) is 5.91 Å². The van der Waals surface area contributed by atoms with E-state index in [0.29, 0.717) is 36.6 Å². The van der Waals surface area contributed by atoms with E-state index in [4.69, 9.17) is 10.5 Å². The Bertz CT molecular complexity index is 639. The Morgan fingerprint density at radius 3 is 2.64 bits per heavy atom. The molecule has 1 amide bonds. The molecule has 5 heteroatoms. The van der Waals surface area contributed by atoms with E-state index in [1.54, 1.807) is 36.4 Å². The largest absolute Gasteiger partial charge is 0.489 e. The average Bonchev–Trinajstić information content (AvgIpc) is 2.58. The first-order valence-corrected chi connectivity index (χ1v) is 6.98. The van der Waals surface area contributed by atoms with Crippen LogP contribution >= 0.6 is 0 Å². The molecule has 0 fully saturated rings. The lowest BCUT2D eigenvalue weighted by Gasteiger charge is -2.08. The van der Waals surface area contributed by atoms with Gasteiger partial charge < -0.3 is 15.8 Å². The number of benzene rings is 2. The van der Waals surface area contributed by atoms with Gasteiger partial charge in [-0.2, -0.15) is 0 Å². The summed E-state index contributed by atoms with van der Waals surface area (Å²) in [7, 11) is 0. The average molecular weight is 298 g/mol. The van der Waals surface area contributed by atoms with Gasteiger partial charge >= 0.3 is 0 Å². The highest BCUT2D eigenvalue weighted by molar-refractivity contribution is 5.94. The quantitative estimate of drug-likeness (QED) is 0.763. The smallest absolute Gasteiger partial charge is 0.251 e. The molecule has 0 saturated carbocycles. The van der Waals surface area contributed by atoms with Gasteiger partial charge in [0.05, 0.1) is 0 Å². The van der Waals surface area contributed by atoms with Gasteiger partial charge in [-0.15, -0.1) is 0 Å². The maximum absolute atomic E-state index is 11.9. The number of aldehydes is 1. The van der Waals surface area contributed by atoms with Crippen molar-refractivity contribution in [1.29, 1.82) is 0 Å². The summed E-state index contributed by atoms with van der Waals surface area (Å²) < 4.78 is 5.64. The molecule has 0 spiro atoms. The van der Waals surface area contributed by atoms with E-state index in [2.05, 4.69) is 5.32 Å². The molecule has 0 atom stereocenters. The lowest BCUT2D eigenvalue weighted by molar-refractivity contribution is 0.0954. The highest BCUT2D eigenvalue weighted by atomic mass is 16.5. The number of rotatable bonds is 7. The minimum absolute atomic E-state index is 0.150. The molecule has 5 nitrogen and oxygen atoms in total. The molecule has 0 aliphatic heterocycles. The van der Waals surface area contributed by atoms with Crippen LogP contribution in [0.25, 0.3) is 0 Å². The zero-order chi connectivity index (χ0) is 15.8. The van der Waals surface area contributed by atoms with Gasteiger partial charge in [0, 0.05) is 24.2 Å². The van der Waals surface area contributed by atoms with E-state index in [1.165, 1.54) is 0 Å². The summed E-state index contributed by atoms with van der Waals surface area (Å²) in [4.78, 5) is 22.4. The van der Waals surface area contributed by atoms with Crippen LogP contribution in [0.15, 0.2) is 48.5 Å². The van der Waals surface area contributed by atoms with Gasteiger partial charge in [-0.3, -0.25) is 9.59 Å². The Morgan fingerprint density at radius 2 is 1.95 bits per heavy atom. The maximum Gasteiger partial charge on any atom is 0.251 e. The molecular weight excluding hydrogens is 280 g/mol. The molecule has 114 valence electrons. The molecule has 2 aromatic carbocycles. The topological polar surface area (TPSA) is 81.4 Å². The van der Waals surface area contributed by atoms with Crippen molar-refractivity contribution in [3.8, 4) is 5.75 Å². The molecule has 0 heterocycles. The van der Waals surface area contributed by atoms with Crippen molar-refractivity contribution in [2.24, 2.45) is 5.73 Å². The van der Waals surface area contributed by atoms with Crippen LogP contribution in [0, 0.1) is 0 Å². The van der Waals surface area contributed by atoms with Crippen LogP contribution in [0.1, 0.15) is 26.3 Å². The molecule has 3 N–H and O–H groups in total. The standard InChI is InChI=1S/C17H18N2O3/c18-8-9-19-17(21)15-3-1-2-14(10-15)12-22-16-6-4-13(11-20)5-7-16/h1-7,10-11H,8-9,12,18H2,(H,19,21). The Hall–Kier alpha value is -2.66. The van der Waals surface area contributed by atoms with Crippen LogP contribution in [0.5, 0.6) is 5.75 Å². The number of ether oxygens (including phenoxy) is 1. The second-order valence-electron chi connectivity index (χ2n) is 4.72. The third kappa shape index (κ3) is 4.43. The van der Waals surface area contributed by atoms with Crippen LogP contribution in [0.3, 0.4) is 0 Å². The first-order valence-electron chi connectivity index (χ1n) is 6.98. The van der Waals surface area contributed by atoms with Gasteiger partial charge in [-0.25, -0.2) is 0 Å². The third-order valence-electron chi connectivity index (χ3n) is 3.04. The lowest BCUT2D eigenvalue weighted by atomic mass is 10.1. The van der Waals surface area contributed by atoms with E-state index in [1.807, 2.05) is 12.1 Å². The van der Waals surface area contributed by atoms with Crippen molar-refractivity contribution >= 4 is 12.2 Å². The molecule has 0 aromatic heterocycles. The molecule has 0 aliphatic carbocycles. The predicted octanol–water partition coefficient (Wildman–Crippen LogP) is 1.77. The van der Waals surface area contributed by atoms with Crippen LogP contribution in [-0.2, 0) is 6.61 Å². The fraction of sp³-hybridized carbons (Fsp3) is 0.176. The zero-order valence-corrected chi connectivity index (χ0v) is 12.1. The fourth-order valence-corrected chi connectivity index (χ4v) is 1.90. The van der Waals surface area contributed by atoms with Crippen LogP contribution < -0.4 is 15.8 Å². The fourth-order valence-electron chi connectivity index (χ4n) is 1.90. The summed E-state index contributed by atoms with van der Waals surface area (Å²) in [5, 5.41) is 2.72. The molecule has 2 aromatic rings. The normalized spacial score (nSPS) is 10.0. The van der Waals surface area contributed by atoms with Gasteiger partial charge in [0.15, 0.2) is 0 Å². The number of nitrogens with one attached hydrogen (secondary N) is 1. The minimum atomic E-state index is -0.150. The molecule has 22 heavy (non-hydrogen) atoms. The highest BCUT2D eigenvalue weighted by Gasteiger charge is 2.05. The Kier molecular flexibility index (Phi) is 5.68. The Morgan fingerprint density at radius 1 is 1.18 bits per heavy atom. The van der Waals surface area contributed by atoms with Crippen molar-refractivity contribution < 1.29 is 14.3 Å². The van der Waals surface area contributed by atoms with Gasteiger partial charge in [-0.1, -0.05) is 12.1 Å². The number of hydrogen-bond acceptors (Lipinski definition) is 4. The van der Waals surface area contributed by atoms with E-state index < -0.39 is 0 Å². The number of amides is 1. The minimum Gasteiger partial charge on any atom is -0.489 e. The van der Waals surface area contributed by atoms with Crippen molar-refractivity contribution in [3.05, 3.63) is 65.2 Å². The van der Waals surface area contributed by atoms with Crippen molar-refractivity contribution in [3.63, 3.8) is 0 Å². The van der Waals surface area contributed by atoms with Crippen LogP contribution in [0.4, 0.5) is 0 Å². The second kappa shape index (κ2) is 7.95. The van der Waals surface area contributed by atoms with Crippen LogP contribution in [0.2, 0.25) is 0 Å². The number of nitrogens with two attached hydrogens (primary N) is 1. The Balaban J connectivity index is 1.97. The monoisotopic (exact) mass is 298 g/mol. The summed E-state index contributed by atoms with van der Waals surface area (Å²) in [6.45, 7) is 1.20. The number of hydrogen-bond donors (Lipinski definition) is 2. The number of carbonyl (C=O) groups is 2. The van der Waals surface area contributed by atoms with Crippen molar-refractivity contribution in [2.45, 2.75) is 6.61 Å². The summed E-state index contributed by atoms with van der Waals surface area (Å²) in [5.74, 6) is 0.520. The highest BCUT2D eigenvalue weighted by Crippen LogP contribution is 2.14. The number of carbonyl (C=O) groups excluding carboxylic acids is 2. The van der Waals surface area contributed by atoms with Crippen molar-refractivity contribution in [1.82, 2.24) is 5.32 Å². The third-order valence-corrected chi connectivity index (χ3v) is 3.04. The second-order valence-corrected chi connectivity index (χ2v) is 4.72. The molecular formula is C17H18N2O3. The van der Waals surface area contributed by atoms with E-state index in [0.717, 1.165) is 11.8 Å². The molecule has 0 bridgehead atoms. The van der Waals surface area contributed by atoms with Crippen LogP contribution in [-0.4, -0.2) is 25.3 Å². The zero-order valence-electron chi connectivity index (χ0n) is 12.1. The van der Waals surface area contributed by atoms with Gasteiger partial charge in [-0.05, 0) is 42.0 Å². The summed E-state index contributed by atoms with van der Waals surface area (Å²) in [6.07, 6.45) is 0.785. The van der Waals surface area contributed by atoms with E-state index in [9.17, 15) is 9.59 Å². The summed E-state index contributed by atoms with van der Waals surface area (Å²) in [5.41, 5.74) is 7.43. The summed E-state index contributed by atoms with van der Waals surface area (Å²) in [6, 6.07) is 14.1. The van der Waals surface area contributed by atoms with Crippen molar-refractivity contribution in [2.75, 3.05) is 13.1 Å². The first-order chi connectivity index (χ1) is 10.7. The summed E-state index contributed by atoms with van der Waals surface area (Å²) >= 11 is 0. The lowest BCUT2D eigenvalue weighted by Crippen LogP contribution is -2.29. The SMILES string of the molecule is NCCNC(=O)c1cccc(COc2ccc(C=O)cc2)c1. The molecule has 0 radical (unpaired) electrons. The predicted molar refractivity (Wildman–Crippen MR) is 84.0 cm³/mol. The van der Waals surface area contributed by atoms with E-state index in [-0.39, 0.29) is 5.91 Å². The van der Waals surface area contributed by atoms with E-state index >= 15 is 0 Å². The van der Waals surface area contributed by atoms with Gasteiger partial charge in [0.2, 0.25) is 0 Å². The molecule has 0 aliphatic rings. The van der Waals surface area contributed by atoms with Gasteiger partial charge in [0.1, 0.15) is 18.6 Å². The molecule has 2 rings (SSSR count).